The second-order valence-electron chi connectivity index (χ2n) is 7.42. The molecule has 0 aliphatic carbocycles. The Kier molecular flexibility index (Phi) is 6.55. The van der Waals surface area contributed by atoms with E-state index in [1.165, 1.54) is 31.7 Å². The molecular formula is C17H26N4O6. The Morgan fingerprint density at radius 3 is 2.67 bits per heavy atom. The van der Waals surface area contributed by atoms with Gasteiger partial charge in [-0.25, -0.2) is 4.79 Å². The summed E-state index contributed by atoms with van der Waals surface area (Å²) in [5.41, 5.74) is 0.284. The van der Waals surface area contributed by atoms with Crippen LogP contribution in [0.3, 0.4) is 0 Å². The molecule has 1 aromatic rings. The van der Waals surface area contributed by atoms with E-state index in [0.29, 0.717) is 25.2 Å². The van der Waals surface area contributed by atoms with Gasteiger partial charge in [0.15, 0.2) is 0 Å². The Morgan fingerprint density at radius 2 is 2.11 bits per heavy atom. The second kappa shape index (κ2) is 8.49. The fourth-order valence-corrected chi connectivity index (χ4v) is 3.53. The third-order valence-corrected chi connectivity index (χ3v) is 4.84. The summed E-state index contributed by atoms with van der Waals surface area (Å²) in [7, 11) is 2.65. The van der Waals surface area contributed by atoms with Gasteiger partial charge in [0, 0.05) is 25.2 Å². The molecule has 1 aromatic heterocycles. The lowest BCUT2D eigenvalue weighted by molar-refractivity contribution is -0.384. The van der Waals surface area contributed by atoms with Crippen molar-refractivity contribution in [1.82, 2.24) is 10.0 Å². The summed E-state index contributed by atoms with van der Waals surface area (Å²) < 4.78 is 0. The van der Waals surface area contributed by atoms with Gasteiger partial charge in [-0.2, -0.15) is 9.95 Å². The number of rotatable bonds is 5. The number of carbonyl (C=O) groups is 1. The van der Waals surface area contributed by atoms with Gasteiger partial charge in [-0.3, -0.25) is 24.8 Å². The van der Waals surface area contributed by atoms with Gasteiger partial charge in [0.2, 0.25) is 0 Å². The maximum absolute atomic E-state index is 12.2. The number of piperidine rings is 1. The molecule has 1 saturated heterocycles. The number of carbonyl (C=O) groups excluding carboxylic acids is 1. The topological polar surface area (TPSA) is 107 Å². The van der Waals surface area contributed by atoms with Gasteiger partial charge >= 0.3 is 11.8 Å². The average molecular weight is 382 g/mol. The fraction of sp³-hybridized carbons (Fsp3) is 0.647. The quantitative estimate of drug-likeness (QED) is 0.435. The molecule has 0 N–H and O–H groups in total. The molecule has 10 heteroatoms. The van der Waals surface area contributed by atoms with Crippen molar-refractivity contribution in [2.75, 3.05) is 32.2 Å². The molecular weight excluding hydrogens is 356 g/mol. The van der Waals surface area contributed by atoms with Crippen molar-refractivity contribution in [3.05, 3.63) is 28.6 Å². The third-order valence-electron chi connectivity index (χ3n) is 4.84. The standard InChI is InChI=1S/C17H26N4O6/c1-17(2,3)12-11-19(14-6-8-18-10-15(14)21(23)24)9-7-13(12)20(25-4)16(22)27-26-5/h6,8,10,12-13H,7,9,11H2,1-5H3. The molecule has 1 amide bonds. The number of hydroxylamine groups is 2. The van der Waals surface area contributed by atoms with E-state index in [-0.39, 0.29) is 23.1 Å². The maximum atomic E-state index is 12.2. The summed E-state index contributed by atoms with van der Waals surface area (Å²) in [5.74, 6) is -0.0385. The molecule has 0 radical (unpaired) electrons. The van der Waals surface area contributed by atoms with Crippen LogP contribution in [-0.4, -0.2) is 54.4 Å². The van der Waals surface area contributed by atoms with E-state index in [2.05, 4.69) is 35.5 Å². The fourth-order valence-electron chi connectivity index (χ4n) is 3.53. The van der Waals surface area contributed by atoms with Crippen LogP contribution < -0.4 is 4.90 Å². The van der Waals surface area contributed by atoms with Crippen molar-refractivity contribution in [1.29, 1.82) is 0 Å². The number of nitrogens with zero attached hydrogens (tertiary/aromatic N) is 4. The molecule has 27 heavy (non-hydrogen) atoms. The first-order valence-corrected chi connectivity index (χ1v) is 8.62. The maximum Gasteiger partial charge on any atom is 0.465 e. The van der Waals surface area contributed by atoms with Crippen LogP contribution in [0.2, 0.25) is 0 Å². The molecule has 0 bridgehead atoms. The molecule has 0 spiro atoms. The van der Waals surface area contributed by atoms with Gasteiger partial charge in [0.05, 0.1) is 25.2 Å². The minimum atomic E-state index is -0.734. The Balaban J connectivity index is 2.32. The van der Waals surface area contributed by atoms with Crippen LogP contribution in [0.4, 0.5) is 16.2 Å². The Morgan fingerprint density at radius 1 is 1.41 bits per heavy atom. The first-order chi connectivity index (χ1) is 12.7. The highest BCUT2D eigenvalue weighted by atomic mass is 17.2. The SMILES string of the molecule is COOC(=O)N(OC)C1CCN(c2ccncc2[N+](=O)[O-])CC1C(C)(C)C. The van der Waals surface area contributed by atoms with Gasteiger partial charge in [-0.15, -0.1) is 0 Å². The third kappa shape index (κ3) is 4.64. The lowest BCUT2D eigenvalue weighted by atomic mass is 9.73. The molecule has 1 aliphatic heterocycles. The Bertz CT molecular complexity index is 678. The minimum absolute atomic E-state index is 0.0361. The van der Waals surface area contributed by atoms with Gasteiger partial charge in [0.25, 0.3) is 0 Å². The average Bonchev–Trinajstić information content (AvgIpc) is 2.62. The number of aromatic nitrogens is 1. The first kappa shape index (κ1) is 20.8. The van der Waals surface area contributed by atoms with E-state index in [1.54, 1.807) is 6.07 Å². The Labute approximate surface area is 158 Å². The Hall–Kier alpha value is -2.46. The second-order valence-corrected chi connectivity index (χ2v) is 7.42. The predicted molar refractivity (Wildman–Crippen MR) is 96.8 cm³/mol. The van der Waals surface area contributed by atoms with E-state index in [4.69, 9.17) is 4.84 Å². The molecule has 0 aromatic carbocycles. The normalized spacial score (nSPS) is 20.3. The predicted octanol–water partition coefficient (Wildman–Crippen LogP) is 2.79. The van der Waals surface area contributed by atoms with E-state index in [0.717, 1.165) is 0 Å². The van der Waals surface area contributed by atoms with Crippen LogP contribution in [0, 0.1) is 21.4 Å². The number of amides is 1. The largest absolute Gasteiger partial charge is 0.465 e. The molecule has 1 fully saturated rings. The number of hydrogen-bond donors (Lipinski definition) is 0. The molecule has 1 aliphatic rings. The van der Waals surface area contributed by atoms with Gasteiger partial charge < -0.3 is 4.90 Å². The molecule has 2 heterocycles. The lowest BCUT2D eigenvalue weighted by Crippen LogP contribution is -2.56. The number of nitro groups is 1. The van der Waals surface area contributed by atoms with Crippen LogP contribution >= 0.6 is 0 Å². The van der Waals surface area contributed by atoms with Gasteiger partial charge in [-0.1, -0.05) is 20.8 Å². The monoisotopic (exact) mass is 382 g/mol. The highest BCUT2D eigenvalue weighted by Crippen LogP contribution is 2.39. The van der Waals surface area contributed by atoms with Crippen LogP contribution in [-0.2, 0) is 14.6 Å². The first-order valence-electron chi connectivity index (χ1n) is 8.62. The molecule has 2 rings (SSSR count). The van der Waals surface area contributed by atoms with Gasteiger partial charge in [-0.05, 0) is 17.9 Å². The van der Waals surface area contributed by atoms with Crippen molar-refractivity contribution in [2.24, 2.45) is 11.3 Å². The van der Waals surface area contributed by atoms with Crippen LogP contribution in [0.1, 0.15) is 27.2 Å². The highest BCUT2D eigenvalue weighted by Gasteiger charge is 2.43. The zero-order valence-electron chi connectivity index (χ0n) is 16.2. The van der Waals surface area contributed by atoms with Crippen LogP contribution in [0.25, 0.3) is 0 Å². The van der Waals surface area contributed by atoms with E-state index < -0.39 is 11.0 Å². The number of hydrogen-bond acceptors (Lipinski definition) is 8. The summed E-state index contributed by atoms with van der Waals surface area (Å²) >= 11 is 0. The molecule has 0 saturated carbocycles. The van der Waals surface area contributed by atoms with Crippen molar-refractivity contribution in [2.45, 2.75) is 33.2 Å². The number of anilines is 1. The smallest absolute Gasteiger partial charge is 0.365 e. The van der Waals surface area contributed by atoms with Crippen molar-refractivity contribution in [3.63, 3.8) is 0 Å². The summed E-state index contributed by atoms with van der Waals surface area (Å²) in [6.07, 6.45) is 2.61. The summed E-state index contributed by atoms with van der Waals surface area (Å²) in [5, 5.41) is 12.5. The van der Waals surface area contributed by atoms with E-state index in [1.807, 2.05) is 4.90 Å². The van der Waals surface area contributed by atoms with Gasteiger partial charge in [0.1, 0.15) is 11.9 Å². The molecule has 2 unspecified atom stereocenters. The van der Waals surface area contributed by atoms with Crippen molar-refractivity contribution >= 4 is 17.5 Å². The zero-order chi connectivity index (χ0) is 20.2. The van der Waals surface area contributed by atoms with Crippen LogP contribution in [0.15, 0.2) is 18.5 Å². The molecule has 2 atom stereocenters. The molecule has 10 nitrogen and oxygen atoms in total. The summed E-state index contributed by atoms with van der Waals surface area (Å²) in [6.45, 7) is 7.21. The van der Waals surface area contributed by atoms with Crippen molar-refractivity contribution < 1.29 is 24.3 Å². The number of pyridine rings is 1. The van der Waals surface area contributed by atoms with E-state index in [9.17, 15) is 14.9 Å². The zero-order valence-corrected chi connectivity index (χ0v) is 16.2. The summed E-state index contributed by atoms with van der Waals surface area (Å²) in [6, 6.07) is 1.38. The molecule has 150 valence electrons. The van der Waals surface area contributed by atoms with Crippen LogP contribution in [0.5, 0.6) is 0 Å². The van der Waals surface area contributed by atoms with Crippen molar-refractivity contribution in [3.8, 4) is 0 Å². The highest BCUT2D eigenvalue weighted by molar-refractivity contribution is 5.66. The van der Waals surface area contributed by atoms with E-state index >= 15 is 0 Å². The lowest BCUT2D eigenvalue weighted by Gasteiger charge is -2.47. The summed E-state index contributed by atoms with van der Waals surface area (Å²) in [4.78, 5) is 43.3. The minimum Gasteiger partial charge on any atom is -0.365 e.